The molecular formula is C36H35Cl2N3O4. The Labute approximate surface area is 273 Å². The average molecular weight is 645 g/mol. The van der Waals surface area contributed by atoms with Gasteiger partial charge in [0.15, 0.2) is 6.29 Å². The summed E-state index contributed by atoms with van der Waals surface area (Å²) >= 11 is 13.7. The number of aromatic nitrogens is 1. The number of aldehydes is 1. The third kappa shape index (κ3) is 6.37. The van der Waals surface area contributed by atoms with Crippen LogP contribution in [0.5, 0.6) is 11.6 Å². The first kappa shape index (κ1) is 30.9. The fourth-order valence-electron chi connectivity index (χ4n) is 6.55. The number of nitrogens with zero attached hydrogens (tertiary/aromatic N) is 1. The summed E-state index contributed by atoms with van der Waals surface area (Å²) in [6, 6.07) is 20.1. The molecule has 3 aromatic carbocycles. The van der Waals surface area contributed by atoms with Gasteiger partial charge in [0.25, 0.3) is 0 Å². The molecule has 1 aliphatic heterocycles. The highest BCUT2D eigenvalue weighted by atomic mass is 35.5. The van der Waals surface area contributed by atoms with E-state index in [4.69, 9.17) is 37.7 Å². The predicted octanol–water partition coefficient (Wildman–Crippen LogP) is 8.25. The van der Waals surface area contributed by atoms with Gasteiger partial charge in [-0.1, -0.05) is 65.7 Å². The third-order valence-corrected chi connectivity index (χ3v) is 9.55. The minimum atomic E-state index is 0.0367. The summed E-state index contributed by atoms with van der Waals surface area (Å²) in [6.07, 6.45) is 6.72. The number of anilines is 1. The van der Waals surface area contributed by atoms with Crippen LogP contribution < -0.4 is 20.1 Å². The number of methoxy groups -OCH3 is 2. The van der Waals surface area contributed by atoms with Gasteiger partial charge in [-0.3, -0.25) is 9.59 Å². The molecule has 1 amide bonds. The van der Waals surface area contributed by atoms with Crippen molar-refractivity contribution in [2.45, 2.75) is 57.0 Å². The van der Waals surface area contributed by atoms with Crippen molar-refractivity contribution in [3.05, 3.63) is 93.0 Å². The number of halogens is 2. The van der Waals surface area contributed by atoms with Gasteiger partial charge in [-0.05, 0) is 67.3 Å². The van der Waals surface area contributed by atoms with E-state index in [2.05, 4.69) is 41.0 Å². The van der Waals surface area contributed by atoms with E-state index < -0.39 is 0 Å². The Bertz CT molecular complexity index is 1760. The second-order valence-corrected chi connectivity index (χ2v) is 12.3. The summed E-state index contributed by atoms with van der Waals surface area (Å²) < 4.78 is 11.1. The van der Waals surface area contributed by atoms with Gasteiger partial charge in [0.1, 0.15) is 5.75 Å². The molecule has 2 heterocycles. The zero-order valence-corrected chi connectivity index (χ0v) is 26.8. The molecule has 2 atom stereocenters. The maximum atomic E-state index is 11.5. The molecule has 232 valence electrons. The second-order valence-electron chi connectivity index (χ2n) is 11.5. The van der Waals surface area contributed by atoms with Crippen LogP contribution in [0, 0.1) is 0 Å². The Morgan fingerprint density at radius 1 is 0.978 bits per heavy atom. The largest absolute Gasteiger partial charge is 0.496 e. The van der Waals surface area contributed by atoms with Crippen LogP contribution in [0.25, 0.3) is 22.4 Å². The lowest BCUT2D eigenvalue weighted by atomic mass is 9.94. The van der Waals surface area contributed by atoms with Crippen molar-refractivity contribution in [2.24, 2.45) is 0 Å². The van der Waals surface area contributed by atoms with Crippen LogP contribution >= 0.6 is 23.2 Å². The Morgan fingerprint density at radius 3 is 2.53 bits per heavy atom. The zero-order chi connectivity index (χ0) is 31.5. The molecule has 7 nitrogen and oxygen atoms in total. The smallest absolute Gasteiger partial charge is 0.220 e. The van der Waals surface area contributed by atoms with Crippen LogP contribution in [-0.2, 0) is 17.6 Å². The minimum Gasteiger partial charge on any atom is -0.496 e. The van der Waals surface area contributed by atoms with E-state index in [1.165, 1.54) is 18.2 Å². The molecule has 4 aromatic rings. The van der Waals surface area contributed by atoms with E-state index in [9.17, 15) is 9.59 Å². The van der Waals surface area contributed by atoms with Crippen LogP contribution in [0.15, 0.2) is 60.7 Å². The molecule has 45 heavy (non-hydrogen) atoms. The molecule has 1 aromatic heterocycles. The molecule has 0 bridgehead atoms. The first-order valence-corrected chi connectivity index (χ1v) is 16.0. The average Bonchev–Trinajstić information content (AvgIpc) is 3.67. The van der Waals surface area contributed by atoms with Crippen molar-refractivity contribution in [3.63, 3.8) is 0 Å². The molecule has 0 unspecified atom stereocenters. The summed E-state index contributed by atoms with van der Waals surface area (Å²) in [4.78, 5) is 27.8. The molecule has 6 rings (SSSR count). The van der Waals surface area contributed by atoms with Gasteiger partial charge in [-0.2, -0.15) is 0 Å². The second kappa shape index (κ2) is 13.5. The van der Waals surface area contributed by atoms with E-state index >= 15 is 0 Å². The predicted molar refractivity (Wildman–Crippen MR) is 179 cm³/mol. The summed E-state index contributed by atoms with van der Waals surface area (Å²) in [5.74, 6) is 1.22. The van der Waals surface area contributed by atoms with Crippen LogP contribution in [-0.4, -0.2) is 37.4 Å². The van der Waals surface area contributed by atoms with Gasteiger partial charge in [-0.15, -0.1) is 0 Å². The Kier molecular flexibility index (Phi) is 9.29. The van der Waals surface area contributed by atoms with E-state index in [1.807, 2.05) is 18.2 Å². The molecule has 2 aliphatic rings. The normalized spacial score (nSPS) is 17.1. The lowest BCUT2D eigenvalue weighted by Crippen LogP contribution is -2.25. The summed E-state index contributed by atoms with van der Waals surface area (Å²) in [5, 5.41) is 7.71. The molecule has 0 spiro atoms. The number of rotatable bonds is 11. The van der Waals surface area contributed by atoms with Crippen molar-refractivity contribution < 1.29 is 19.1 Å². The van der Waals surface area contributed by atoms with E-state index in [0.29, 0.717) is 33.7 Å². The summed E-state index contributed by atoms with van der Waals surface area (Å²) in [6.45, 7) is 0. The van der Waals surface area contributed by atoms with Gasteiger partial charge in [0.05, 0.1) is 47.3 Å². The lowest BCUT2D eigenvalue weighted by molar-refractivity contribution is -0.119. The van der Waals surface area contributed by atoms with Crippen molar-refractivity contribution in [2.75, 3.05) is 19.5 Å². The number of benzene rings is 3. The number of amides is 1. The van der Waals surface area contributed by atoms with Crippen molar-refractivity contribution in [1.82, 2.24) is 10.3 Å². The number of carbonyl (C=O) groups is 2. The summed E-state index contributed by atoms with van der Waals surface area (Å²) in [7, 11) is 3.18. The molecular weight excluding hydrogens is 609 g/mol. The molecule has 1 fully saturated rings. The topological polar surface area (TPSA) is 89.6 Å². The maximum Gasteiger partial charge on any atom is 0.220 e. The standard InChI is InChI=1S/C36H35Cl2N3O4/c1-44-33-19-32(29(37)18-22(33)20-42)40-30-16-14-25-24(8-4-9-26(25)30)27-10-5-11-28(35(27)38)31-15-12-21(36(41-31)45-2)6-3-7-23-13-17-34(43)39-23/h4-5,8-12,15,18-20,23,30,40H,3,6-7,13-14,16-17H2,1-2H3,(H,39,43)/t23-,30+/m1/s1. The number of aryl methyl sites for hydroxylation is 1. The van der Waals surface area contributed by atoms with Gasteiger partial charge >= 0.3 is 0 Å². The molecule has 9 heteroatoms. The van der Waals surface area contributed by atoms with Crippen molar-refractivity contribution >= 4 is 41.1 Å². The van der Waals surface area contributed by atoms with E-state index in [0.717, 1.165) is 78.4 Å². The fourth-order valence-corrected chi connectivity index (χ4v) is 7.10. The van der Waals surface area contributed by atoms with Crippen LogP contribution in [0.1, 0.15) is 65.2 Å². The molecule has 2 N–H and O–H groups in total. The number of pyridine rings is 1. The van der Waals surface area contributed by atoms with Crippen LogP contribution in [0.4, 0.5) is 5.69 Å². The number of nitrogens with one attached hydrogen (secondary N) is 2. The molecule has 0 radical (unpaired) electrons. The highest BCUT2D eigenvalue weighted by Gasteiger charge is 2.27. The number of ether oxygens (including phenoxy) is 2. The third-order valence-electron chi connectivity index (χ3n) is 8.83. The van der Waals surface area contributed by atoms with Crippen molar-refractivity contribution in [3.8, 4) is 34.0 Å². The highest BCUT2D eigenvalue weighted by Crippen LogP contribution is 2.44. The van der Waals surface area contributed by atoms with Crippen LogP contribution in [0.2, 0.25) is 10.0 Å². The van der Waals surface area contributed by atoms with Gasteiger partial charge in [0.2, 0.25) is 11.8 Å². The first-order valence-electron chi connectivity index (χ1n) is 15.2. The zero-order valence-electron chi connectivity index (χ0n) is 25.3. The Morgan fingerprint density at radius 2 is 1.78 bits per heavy atom. The molecule has 0 saturated carbocycles. The van der Waals surface area contributed by atoms with Gasteiger partial charge < -0.3 is 20.1 Å². The number of fused-ring (bicyclic) bond motifs is 1. The fraction of sp³-hybridized carbons (Fsp3) is 0.306. The quantitative estimate of drug-likeness (QED) is 0.160. The van der Waals surface area contributed by atoms with Gasteiger partial charge in [0, 0.05) is 35.2 Å². The summed E-state index contributed by atoms with van der Waals surface area (Å²) in [5.41, 5.74) is 8.22. The maximum absolute atomic E-state index is 11.5. The first-order chi connectivity index (χ1) is 21.9. The highest BCUT2D eigenvalue weighted by molar-refractivity contribution is 6.36. The Hall–Kier alpha value is -4.07. The van der Waals surface area contributed by atoms with Gasteiger partial charge in [-0.25, -0.2) is 4.98 Å². The Balaban J connectivity index is 1.24. The monoisotopic (exact) mass is 643 g/mol. The number of hydrogen-bond acceptors (Lipinski definition) is 6. The molecule has 1 saturated heterocycles. The van der Waals surface area contributed by atoms with E-state index in [-0.39, 0.29) is 18.0 Å². The number of carbonyl (C=O) groups excluding carboxylic acids is 2. The SMILES string of the molecule is COc1cc(N[C@H]2CCc3c(-c4cccc(-c5ccc(CCC[C@@H]6CCC(=O)N6)c(OC)n5)c4Cl)cccc32)c(Cl)cc1C=O. The molecule has 1 aliphatic carbocycles. The van der Waals surface area contributed by atoms with Crippen LogP contribution in [0.3, 0.4) is 0 Å². The van der Waals surface area contributed by atoms with Crippen molar-refractivity contribution in [1.29, 1.82) is 0 Å². The minimum absolute atomic E-state index is 0.0367. The lowest BCUT2D eigenvalue weighted by Gasteiger charge is -2.19. The number of hydrogen-bond donors (Lipinski definition) is 2. The van der Waals surface area contributed by atoms with E-state index in [1.54, 1.807) is 19.2 Å².